The van der Waals surface area contributed by atoms with Crippen LogP contribution in [0, 0.1) is 0 Å². The number of hydrogen-bond donors (Lipinski definition) is 1. The summed E-state index contributed by atoms with van der Waals surface area (Å²) in [5.74, 6) is 3.34. The highest BCUT2D eigenvalue weighted by molar-refractivity contribution is 14.0. The average Bonchev–Trinajstić information content (AvgIpc) is 2.71. The molecule has 0 amide bonds. The molecule has 1 heterocycles. The Bertz CT molecular complexity index is 798. The minimum absolute atomic E-state index is 0. The van der Waals surface area contributed by atoms with E-state index in [0.717, 1.165) is 40.9 Å². The predicted molar refractivity (Wildman–Crippen MR) is 130 cm³/mol. The van der Waals surface area contributed by atoms with Gasteiger partial charge in [-0.05, 0) is 36.8 Å². The van der Waals surface area contributed by atoms with Crippen molar-refractivity contribution >= 4 is 35.8 Å². The van der Waals surface area contributed by atoms with Crippen LogP contribution in [0.5, 0.6) is 11.5 Å². The van der Waals surface area contributed by atoms with Gasteiger partial charge >= 0.3 is 0 Å². The number of rotatable bonds is 8. The fraction of sp³-hybridized carbons (Fsp3) is 0.429. The van der Waals surface area contributed by atoms with Gasteiger partial charge in [0.05, 0.1) is 20.8 Å². The largest absolute Gasteiger partial charge is 0.497 e. The fourth-order valence-electron chi connectivity index (χ4n) is 2.75. The van der Waals surface area contributed by atoms with Crippen molar-refractivity contribution in [3.05, 3.63) is 47.7 Å². The van der Waals surface area contributed by atoms with Crippen molar-refractivity contribution in [2.24, 2.45) is 4.99 Å². The minimum Gasteiger partial charge on any atom is -0.497 e. The first-order chi connectivity index (χ1) is 13.5. The average molecular weight is 513 g/mol. The van der Waals surface area contributed by atoms with Crippen molar-refractivity contribution in [1.29, 1.82) is 0 Å². The molecule has 0 aliphatic heterocycles. The number of aliphatic imine (C=N–C) groups is 1. The SMILES string of the molecule is CCNC(=NCc1ccnc(N(C)C)c1)N(C)Cc1ccc(OC)cc1OC.I. The Labute approximate surface area is 191 Å². The number of halogens is 1. The first kappa shape index (κ1) is 24.8. The second-order valence-corrected chi connectivity index (χ2v) is 6.62. The molecule has 0 unspecified atom stereocenters. The zero-order chi connectivity index (χ0) is 20.5. The lowest BCUT2D eigenvalue weighted by Gasteiger charge is -2.23. The van der Waals surface area contributed by atoms with Crippen LogP contribution in [-0.2, 0) is 13.1 Å². The number of aromatic nitrogens is 1. The first-order valence-corrected chi connectivity index (χ1v) is 9.31. The lowest BCUT2D eigenvalue weighted by molar-refractivity contribution is 0.382. The summed E-state index contributed by atoms with van der Waals surface area (Å²) in [6.45, 7) is 4.10. The zero-order valence-corrected chi connectivity index (χ0v) is 20.4. The van der Waals surface area contributed by atoms with Gasteiger partial charge < -0.3 is 24.6 Å². The van der Waals surface area contributed by atoms with Crippen LogP contribution in [0.1, 0.15) is 18.1 Å². The van der Waals surface area contributed by atoms with Crippen LogP contribution in [0.15, 0.2) is 41.5 Å². The Kier molecular flexibility index (Phi) is 10.6. The Balaban J connectivity index is 0.00000420. The molecule has 160 valence electrons. The molecule has 0 saturated carbocycles. The summed E-state index contributed by atoms with van der Waals surface area (Å²) in [6, 6.07) is 9.90. The summed E-state index contributed by atoms with van der Waals surface area (Å²) in [6.07, 6.45) is 1.82. The second kappa shape index (κ2) is 12.4. The molecule has 8 heteroatoms. The van der Waals surface area contributed by atoms with Crippen LogP contribution in [-0.4, -0.2) is 57.8 Å². The zero-order valence-electron chi connectivity index (χ0n) is 18.1. The number of nitrogens with one attached hydrogen (secondary N) is 1. The highest BCUT2D eigenvalue weighted by Gasteiger charge is 2.11. The van der Waals surface area contributed by atoms with E-state index in [2.05, 4.69) is 28.2 Å². The lowest BCUT2D eigenvalue weighted by atomic mass is 10.2. The van der Waals surface area contributed by atoms with Gasteiger partial charge in [0.15, 0.2) is 5.96 Å². The van der Waals surface area contributed by atoms with Crippen molar-refractivity contribution < 1.29 is 9.47 Å². The molecular weight excluding hydrogens is 481 g/mol. The number of hydrogen-bond acceptors (Lipinski definition) is 5. The molecule has 0 atom stereocenters. The number of nitrogens with zero attached hydrogens (tertiary/aromatic N) is 4. The monoisotopic (exact) mass is 513 g/mol. The van der Waals surface area contributed by atoms with E-state index >= 15 is 0 Å². The summed E-state index contributed by atoms with van der Waals surface area (Å²) < 4.78 is 10.8. The van der Waals surface area contributed by atoms with Crippen LogP contribution < -0.4 is 19.7 Å². The Morgan fingerprint density at radius 1 is 1.10 bits per heavy atom. The van der Waals surface area contributed by atoms with Crippen LogP contribution in [0.2, 0.25) is 0 Å². The van der Waals surface area contributed by atoms with Gasteiger partial charge in [-0.15, -0.1) is 24.0 Å². The van der Waals surface area contributed by atoms with E-state index in [9.17, 15) is 0 Å². The van der Waals surface area contributed by atoms with Crippen molar-refractivity contribution in [3.8, 4) is 11.5 Å². The molecule has 0 bridgehead atoms. The van der Waals surface area contributed by atoms with Crippen molar-refractivity contribution in [2.75, 3.05) is 46.8 Å². The van der Waals surface area contributed by atoms with Gasteiger partial charge in [0.1, 0.15) is 17.3 Å². The molecule has 1 N–H and O–H groups in total. The van der Waals surface area contributed by atoms with Gasteiger partial charge in [-0.1, -0.05) is 0 Å². The Morgan fingerprint density at radius 3 is 2.48 bits per heavy atom. The molecule has 7 nitrogen and oxygen atoms in total. The van der Waals surface area contributed by atoms with Crippen LogP contribution in [0.4, 0.5) is 5.82 Å². The maximum Gasteiger partial charge on any atom is 0.194 e. The highest BCUT2D eigenvalue weighted by Crippen LogP contribution is 2.25. The number of anilines is 1. The molecule has 29 heavy (non-hydrogen) atoms. The quantitative estimate of drug-likeness (QED) is 0.332. The van der Waals surface area contributed by atoms with E-state index in [0.29, 0.717) is 13.1 Å². The van der Waals surface area contributed by atoms with Gasteiger partial charge in [-0.3, -0.25) is 0 Å². The second-order valence-electron chi connectivity index (χ2n) is 6.62. The third kappa shape index (κ3) is 7.26. The third-order valence-electron chi connectivity index (χ3n) is 4.28. The van der Waals surface area contributed by atoms with Crippen molar-refractivity contribution in [3.63, 3.8) is 0 Å². The molecular formula is C21H32IN5O2. The highest BCUT2D eigenvalue weighted by atomic mass is 127. The van der Waals surface area contributed by atoms with Gasteiger partial charge in [0.25, 0.3) is 0 Å². The summed E-state index contributed by atoms with van der Waals surface area (Å²) >= 11 is 0. The van der Waals surface area contributed by atoms with Gasteiger partial charge in [-0.2, -0.15) is 0 Å². The fourth-order valence-corrected chi connectivity index (χ4v) is 2.75. The molecule has 1 aromatic carbocycles. The Hall–Kier alpha value is -2.23. The van der Waals surface area contributed by atoms with Crippen molar-refractivity contribution in [2.45, 2.75) is 20.0 Å². The smallest absolute Gasteiger partial charge is 0.194 e. The minimum atomic E-state index is 0. The van der Waals surface area contributed by atoms with Crippen LogP contribution in [0.3, 0.4) is 0 Å². The van der Waals surface area contributed by atoms with E-state index in [1.54, 1.807) is 14.2 Å². The molecule has 0 spiro atoms. The predicted octanol–water partition coefficient (Wildman–Crippen LogP) is 3.38. The summed E-state index contributed by atoms with van der Waals surface area (Å²) in [5, 5.41) is 3.35. The van der Waals surface area contributed by atoms with Gasteiger partial charge in [-0.25, -0.2) is 9.98 Å². The number of methoxy groups -OCH3 is 2. The number of ether oxygens (including phenoxy) is 2. The molecule has 2 aromatic rings. The third-order valence-corrected chi connectivity index (χ3v) is 4.28. The lowest BCUT2D eigenvalue weighted by Crippen LogP contribution is -2.38. The van der Waals surface area contributed by atoms with Gasteiger partial charge in [0.2, 0.25) is 0 Å². The van der Waals surface area contributed by atoms with E-state index < -0.39 is 0 Å². The number of benzene rings is 1. The van der Waals surface area contributed by atoms with Crippen LogP contribution in [0.25, 0.3) is 0 Å². The van der Waals surface area contributed by atoms with E-state index in [-0.39, 0.29) is 24.0 Å². The van der Waals surface area contributed by atoms with Crippen molar-refractivity contribution in [1.82, 2.24) is 15.2 Å². The maximum atomic E-state index is 5.51. The number of guanidine groups is 1. The summed E-state index contributed by atoms with van der Waals surface area (Å²) in [5.41, 5.74) is 2.18. The molecule has 0 saturated heterocycles. The summed E-state index contributed by atoms with van der Waals surface area (Å²) in [7, 11) is 9.30. The number of pyridine rings is 1. The Morgan fingerprint density at radius 2 is 1.86 bits per heavy atom. The standard InChI is InChI=1S/C21H31N5O2.HI/c1-7-22-21(24-14-16-10-11-23-20(12-16)25(2)3)26(4)15-17-8-9-18(27-5)13-19(17)28-6;/h8-13H,7,14-15H2,1-6H3,(H,22,24);1H. The van der Waals surface area contributed by atoms with E-state index in [4.69, 9.17) is 14.5 Å². The maximum absolute atomic E-state index is 5.51. The van der Waals surface area contributed by atoms with E-state index in [1.165, 1.54) is 0 Å². The molecule has 1 aromatic heterocycles. The molecule has 0 aliphatic rings. The topological polar surface area (TPSA) is 62.2 Å². The normalized spacial score (nSPS) is 10.8. The summed E-state index contributed by atoms with van der Waals surface area (Å²) in [4.78, 5) is 13.2. The van der Waals surface area contributed by atoms with E-state index in [1.807, 2.05) is 56.5 Å². The molecule has 0 radical (unpaired) electrons. The molecule has 0 aliphatic carbocycles. The first-order valence-electron chi connectivity index (χ1n) is 9.31. The molecule has 2 rings (SSSR count). The van der Waals surface area contributed by atoms with Crippen LogP contribution >= 0.6 is 24.0 Å². The van der Waals surface area contributed by atoms with Gasteiger partial charge in [0, 0.05) is 52.1 Å². The molecule has 0 fully saturated rings.